The molecular formula is C15H18N2O2S. The first-order valence-corrected chi connectivity index (χ1v) is 7.74. The van der Waals surface area contributed by atoms with Gasteiger partial charge in [0.15, 0.2) is 0 Å². The van der Waals surface area contributed by atoms with Gasteiger partial charge in [-0.2, -0.15) is 0 Å². The van der Waals surface area contributed by atoms with Crippen molar-refractivity contribution in [2.75, 3.05) is 10.5 Å². The predicted molar refractivity (Wildman–Crippen MR) is 82.3 cm³/mol. The lowest BCUT2D eigenvalue weighted by molar-refractivity contribution is 0.600. The second-order valence-corrected chi connectivity index (χ2v) is 6.60. The minimum atomic E-state index is -3.58. The van der Waals surface area contributed by atoms with Crippen LogP contribution in [0.3, 0.4) is 0 Å². The molecule has 2 aromatic rings. The van der Waals surface area contributed by atoms with Crippen molar-refractivity contribution in [1.29, 1.82) is 0 Å². The monoisotopic (exact) mass is 290 g/mol. The lowest BCUT2D eigenvalue weighted by Gasteiger charge is -2.12. The van der Waals surface area contributed by atoms with Crippen molar-refractivity contribution >= 4 is 21.4 Å². The second-order valence-electron chi connectivity index (χ2n) is 4.95. The molecule has 0 aliphatic carbocycles. The third-order valence-corrected chi connectivity index (χ3v) is 4.68. The van der Waals surface area contributed by atoms with Crippen LogP contribution in [0.4, 0.5) is 11.4 Å². The summed E-state index contributed by atoms with van der Waals surface area (Å²) in [5.74, 6) is 0. The molecule has 0 radical (unpaired) electrons. The molecule has 0 bridgehead atoms. The maximum atomic E-state index is 12.4. The summed E-state index contributed by atoms with van der Waals surface area (Å²) in [4.78, 5) is 0.289. The van der Waals surface area contributed by atoms with Gasteiger partial charge in [0.2, 0.25) is 0 Å². The van der Waals surface area contributed by atoms with Crippen molar-refractivity contribution < 1.29 is 8.42 Å². The van der Waals surface area contributed by atoms with Gasteiger partial charge >= 0.3 is 0 Å². The van der Waals surface area contributed by atoms with Crippen LogP contribution in [-0.2, 0) is 10.0 Å². The Bertz CT molecular complexity index is 752. The van der Waals surface area contributed by atoms with Gasteiger partial charge in [-0.05, 0) is 56.2 Å². The normalized spacial score (nSPS) is 11.3. The van der Waals surface area contributed by atoms with Crippen LogP contribution in [0.15, 0.2) is 41.3 Å². The number of hydrogen-bond acceptors (Lipinski definition) is 3. The van der Waals surface area contributed by atoms with Crippen LogP contribution in [-0.4, -0.2) is 8.42 Å². The Morgan fingerprint density at radius 1 is 0.950 bits per heavy atom. The van der Waals surface area contributed by atoms with Crippen LogP contribution in [0, 0.1) is 20.8 Å². The van der Waals surface area contributed by atoms with Crippen molar-refractivity contribution in [3.63, 3.8) is 0 Å². The zero-order chi connectivity index (χ0) is 14.9. The van der Waals surface area contributed by atoms with Crippen molar-refractivity contribution in [2.45, 2.75) is 25.7 Å². The number of sulfonamides is 1. The highest BCUT2D eigenvalue weighted by atomic mass is 32.2. The molecule has 0 spiro atoms. The molecule has 0 aromatic heterocycles. The number of nitrogens with two attached hydrogens (primary N) is 1. The van der Waals surface area contributed by atoms with E-state index in [0.717, 1.165) is 16.7 Å². The summed E-state index contributed by atoms with van der Waals surface area (Å²) in [5, 5.41) is 0. The molecule has 3 N–H and O–H groups in total. The number of hydrogen-bond donors (Lipinski definition) is 2. The average Bonchev–Trinajstić information content (AvgIpc) is 2.33. The van der Waals surface area contributed by atoms with Gasteiger partial charge in [-0.1, -0.05) is 17.7 Å². The molecule has 4 nitrogen and oxygen atoms in total. The van der Waals surface area contributed by atoms with E-state index in [2.05, 4.69) is 4.72 Å². The molecule has 5 heteroatoms. The molecule has 20 heavy (non-hydrogen) atoms. The Morgan fingerprint density at radius 3 is 2.25 bits per heavy atom. The summed E-state index contributed by atoms with van der Waals surface area (Å²) in [7, 11) is -3.58. The molecule has 0 unspecified atom stereocenters. The Hall–Kier alpha value is -2.01. The molecule has 0 saturated heterocycles. The van der Waals surface area contributed by atoms with E-state index in [-0.39, 0.29) is 4.90 Å². The standard InChI is InChI=1S/C15H18N2O2S/c1-10-4-7-15(12(3)8-10)20(18,19)17-13-5-6-14(16)11(2)9-13/h4-9,17H,16H2,1-3H3. The molecular weight excluding hydrogens is 272 g/mol. The van der Waals surface area contributed by atoms with Crippen LogP contribution in [0.2, 0.25) is 0 Å². The molecule has 0 fully saturated rings. The van der Waals surface area contributed by atoms with Crippen molar-refractivity contribution in [3.05, 3.63) is 53.1 Å². The Labute approximate surface area is 119 Å². The Balaban J connectivity index is 2.38. The molecule has 2 rings (SSSR count). The van der Waals surface area contributed by atoms with Gasteiger partial charge < -0.3 is 5.73 Å². The van der Waals surface area contributed by atoms with E-state index in [9.17, 15) is 8.42 Å². The van der Waals surface area contributed by atoms with E-state index in [1.807, 2.05) is 19.9 Å². The molecule has 0 aliphatic heterocycles. The van der Waals surface area contributed by atoms with Gasteiger partial charge in [0.05, 0.1) is 4.90 Å². The Morgan fingerprint density at radius 2 is 1.65 bits per heavy atom. The first kappa shape index (κ1) is 14.4. The largest absolute Gasteiger partial charge is 0.399 e. The number of benzene rings is 2. The van der Waals surface area contributed by atoms with Crippen LogP contribution < -0.4 is 10.5 Å². The fourth-order valence-corrected chi connectivity index (χ4v) is 3.33. The minimum absolute atomic E-state index is 0.289. The SMILES string of the molecule is Cc1ccc(S(=O)(=O)Nc2ccc(N)c(C)c2)c(C)c1. The smallest absolute Gasteiger partial charge is 0.262 e. The van der Waals surface area contributed by atoms with Gasteiger partial charge in [-0.25, -0.2) is 8.42 Å². The fourth-order valence-electron chi connectivity index (χ4n) is 2.05. The highest BCUT2D eigenvalue weighted by molar-refractivity contribution is 7.92. The van der Waals surface area contributed by atoms with E-state index in [0.29, 0.717) is 11.4 Å². The summed E-state index contributed by atoms with van der Waals surface area (Å²) < 4.78 is 27.4. The average molecular weight is 290 g/mol. The van der Waals surface area contributed by atoms with Crippen LogP contribution in [0.25, 0.3) is 0 Å². The van der Waals surface area contributed by atoms with Crippen LogP contribution >= 0.6 is 0 Å². The topological polar surface area (TPSA) is 72.2 Å². The number of rotatable bonds is 3. The number of nitrogen functional groups attached to an aromatic ring is 1. The highest BCUT2D eigenvalue weighted by Gasteiger charge is 2.17. The molecule has 2 aromatic carbocycles. The van der Waals surface area contributed by atoms with Gasteiger partial charge in [0.1, 0.15) is 0 Å². The Kier molecular flexibility index (Phi) is 3.72. The zero-order valence-corrected chi connectivity index (χ0v) is 12.6. The van der Waals surface area contributed by atoms with Gasteiger partial charge in [0, 0.05) is 11.4 Å². The summed E-state index contributed by atoms with van der Waals surface area (Å²) in [6.07, 6.45) is 0. The van der Waals surface area contributed by atoms with Crippen molar-refractivity contribution in [2.24, 2.45) is 0 Å². The van der Waals surface area contributed by atoms with Crippen LogP contribution in [0.1, 0.15) is 16.7 Å². The summed E-state index contributed by atoms with van der Waals surface area (Å²) in [6.45, 7) is 5.56. The molecule has 0 aliphatic rings. The predicted octanol–water partition coefficient (Wildman–Crippen LogP) is 2.99. The summed E-state index contributed by atoms with van der Waals surface area (Å²) >= 11 is 0. The van der Waals surface area contributed by atoms with E-state index >= 15 is 0 Å². The van der Waals surface area contributed by atoms with Gasteiger partial charge in [-0.15, -0.1) is 0 Å². The van der Waals surface area contributed by atoms with E-state index in [1.54, 1.807) is 37.3 Å². The quantitative estimate of drug-likeness (QED) is 0.854. The van der Waals surface area contributed by atoms with E-state index in [1.165, 1.54) is 0 Å². The van der Waals surface area contributed by atoms with Gasteiger partial charge in [0.25, 0.3) is 10.0 Å². The van der Waals surface area contributed by atoms with E-state index in [4.69, 9.17) is 5.73 Å². The van der Waals surface area contributed by atoms with Crippen molar-refractivity contribution in [1.82, 2.24) is 0 Å². The number of anilines is 2. The molecule has 0 saturated carbocycles. The number of aryl methyl sites for hydroxylation is 3. The molecule has 0 heterocycles. The van der Waals surface area contributed by atoms with E-state index < -0.39 is 10.0 Å². The fraction of sp³-hybridized carbons (Fsp3) is 0.200. The van der Waals surface area contributed by atoms with Gasteiger partial charge in [-0.3, -0.25) is 4.72 Å². The third kappa shape index (κ3) is 2.93. The second kappa shape index (κ2) is 5.17. The van der Waals surface area contributed by atoms with Crippen LogP contribution in [0.5, 0.6) is 0 Å². The third-order valence-electron chi connectivity index (χ3n) is 3.14. The molecule has 106 valence electrons. The highest BCUT2D eigenvalue weighted by Crippen LogP contribution is 2.22. The zero-order valence-electron chi connectivity index (χ0n) is 11.8. The lowest BCUT2D eigenvalue weighted by atomic mass is 10.2. The molecule has 0 amide bonds. The maximum absolute atomic E-state index is 12.4. The van der Waals surface area contributed by atoms with Crippen molar-refractivity contribution in [3.8, 4) is 0 Å². The maximum Gasteiger partial charge on any atom is 0.262 e. The first-order valence-electron chi connectivity index (χ1n) is 6.26. The lowest BCUT2D eigenvalue weighted by Crippen LogP contribution is -2.14. The number of nitrogens with one attached hydrogen (secondary N) is 1. The summed E-state index contributed by atoms with van der Waals surface area (Å²) in [5.41, 5.74) is 9.47. The minimum Gasteiger partial charge on any atom is -0.399 e. The molecule has 0 atom stereocenters. The first-order chi connectivity index (χ1) is 9.29. The summed E-state index contributed by atoms with van der Waals surface area (Å²) in [6, 6.07) is 10.3.